The fourth-order valence-corrected chi connectivity index (χ4v) is 3.60. The second-order valence-electron chi connectivity index (χ2n) is 6.66. The molecular weight excluding hydrogens is 304 g/mol. The van der Waals surface area contributed by atoms with Gasteiger partial charge in [-0.15, -0.1) is 0 Å². The van der Waals surface area contributed by atoms with Crippen LogP contribution in [0.1, 0.15) is 43.6 Å². The summed E-state index contributed by atoms with van der Waals surface area (Å²) in [6, 6.07) is 10.3. The first kappa shape index (κ1) is 15.2. The van der Waals surface area contributed by atoms with Crippen molar-refractivity contribution in [1.29, 1.82) is 0 Å². The highest BCUT2D eigenvalue weighted by atomic mass is 16.6. The maximum Gasteiger partial charge on any atom is 0.300 e. The first-order valence-electron chi connectivity index (χ1n) is 8.75. The third kappa shape index (κ3) is 3.30. The van der Waals surface area contributed by atoms with Gasteiger partial charge in [-0.1, -0.05) is 31.4 Å². The molecule has 2 heterocycles. The SMILES string of the molecule is O=c1ccn2c(n1)O[C@H](COc1ccc(C3CCCCC3)cc1)C2. The van der Waals surface area contributed by atoms with E-state index in [-0.39, 0.29) is 11.7 Å². The molecule has 0 saturated heterocycles. The Morgan fingerprint density at radius 1 is 1.12 bits per heavy atom. The van der Waals surface area contributed by atoms with Crippen molar-refractivity contribution in [2.24, 2.45) is 0 Å². The van der Waals surface area contributed by atoms with Crippen LogP contribution < -0.4 is 15.0 Å². The number of hydrogen-bond acceptors (Lipinski definition) is 4. The molecule has 1 saturated carbocycles. The molecule has 1 aromatic heterocycles. The van der Waals surface area contributed by atoms with E-state index in [4.69, 9.17) is 9.47 Å². The topological polar surface area (TPSA) is 53.4 Å². The molecule has 5 nitrogen and oxygen atoms in total. The van der Waals surface area contributed by atoms with Crippen molar-refractivity contribution >= 4 is 0 Å². The molecule has 0 amide bonds. The van der Waals surface area contributed by atoms with E-state index < -0.39 is 0 Å². The van der Waals surface area contributed by atoms with Crippen LogP contribution in [0.2, 0.25) is 0 Å². The fraction of sp³-hybridized carbons (Fsp3) is 0.474. The number of aromatic nitrogens is 2. The van der Waals surface area contributed by atoms with Gasteiger partial charge in [-0.05, 0) is 36.5 Å². The third-order valence-corrected chi connectivity index (χ3v) is 4.91. The minimum Gasteiger partial charge on any atom is -0.490 e. The molecule has 0 bridgehead atoms. The van der Waals surface area contributed by atoms with Gasteiger partial charge in [0.1, 0.15) is 12.4 Å². The number of rotatable bonds is 4. The molecule has 0 radical (unpaired) electrons. The van der Waals surface area contributed by atoms with Gasteiger partial charge >= 0.3 is 0 Å². The van der Waals surface area contributed by atoms with Crippen molar-refractivity contribution < 1.29 is 9.47 Å². The lowest BCUT2D eigenvalue weighted by Crippen LogP contribution is -2.23. The van der Waals surface area contributed by atoms with Crippen molar-refractivity contribution in [3.63, 3.8) is 0 Å². The highest BCUT2D eigenvalue weighted by molar-refractivity contribution is 5.29. The summed E-state index contributed by atoms with van der Waals surface area (Å²) in [5, 5.41) is 0. The molecule has 126 valence electrons. The quantitative estimate of drug-likeness (QED) is 0.866. The Hall–Kier alpha value is -2.30. The largest absolute Gasteiger partial charge is 0.490 e. The Morgan fingerprint density at radius 2 is 1.92 bits per heavy atom. The lowest BCUT2D eigenvalue weighted by atomic mass is 9.84. The van der Waals surface area contributed by atoms with Crippen LogP contribution in [0.5, 0.6) is 11.8 Å². The lowest BCUT2D eigenvalue weighted by molar-refractivity contribution is 0.143. The van der Waals surface area contributed by atoms with Crippen molar-refractivity contribution in [3.8, 4) is 11.8 Å². The van der Waals surface area contributed by atoms with Crippen molar-refractivity contribution in [2.75, 3.05) is 6.61 Å². The number of benzene rings is 1. The smallest absolute Gasteiger partial charge is 0.300 e. The highest BCUT2D eigenvalue weighted by Crippen LogP contribution is 2.33. The van der Waals surface area contributed by atoms with E-state index in [1.807, 2.05) is 16.7 Å². The molecule has 0 N–H and O–H groups in total. The van der Waals surface area contributed by atoms with E-state index in [9.17, 15) is 4.79 Å². The molecule has 5 heteroatoms. The average molecular weight is 326 g/mol. The number of nitrogens with zero attached hydrogens (tertiary/aromatic N) is 2. The Balaban J connectivity index is 1.33. The maximum absolute atomic E-state index is 11.2. The molecule has 1 aliphatic carbocycles. The van der Waals surface area contributed by atoms with E-state index in [0.29, 0.717) is 25.1 Å². The Labute approximate surface area is 141 Å². The molecule has 0 unspecified atom stereocenters. The summed E-state index contributed by atoms with van der Waals surface area (Å²) in [5.74, 6) is 1.57. The van der Waals surface area contributed by atoms with Crippen LogP contribution in [0.3, 0.4) is 0 Å². The molecule has 1 aromatic carbocycles. The first-order valence-corrected chi connectivity index (χ1v) is 8.75. The summed E-state index contributed by atoms with van der Waals surface area (Å²) in [4.78, 5) is 15.1. The summed E-state index contributed by atoms with van der Waals surface area (Å²) in [7, 11) is 0. The number of hydrogen-bond donors (Lipinski definition) is 0. The first-order chi connectivity index (χ1) is 11.8. The van der Waals surface area contributed by atoms with Crippen LogP contribution in [0.15, 0.2) is 41.3 Å². The van der Waals surface area contributed by atoms with Crippen LogP contribution in [0.4, 0.5) is 0 Å². The van der Waals surface area contributed by atoms with Crippen LogP contribution in [-0.2, 0) is 6.54 Å². The van der Waals surface area contributed by atoms with Gasteiger partial charge in [0.25, 0.3) is 11.6 Å². The minimum absolute atomic E-state index is 0.114. The van der Waals surface area contributed by atoms with Crippen LogP contribution >= 0.6 is 0 Å². The summed E-state index contributed by atoms with van der Waals surface area (Å²) in [6.07, 6.45) is 8.28. The van der Waals surface area contributed by atoms with Crippen molar-refractivity contribution in [2.45, 2.75) is 50.7 Å². The maximum atomic E-state index is 11.2. The summed E-state index contributed by atoms with van der Waals surface area (Å²) in [6.45, 7) is 1.10. The fourth-order valence-electron chi connectivity index (χ4n) is 3.60. The number of fused-ring (bicyclic) bond motifs is 1. The third-order valence-electron chi connectivity index (χ3n) is 4.91. The zero-order valence-electron chi connectivity index (χ0n) is 13.7. The molecule has 0 spiro atoms. The van der Waals surface area contributed by atoms with Crippen LogP contribution in [0, 0.1) is 0 Å². The second kappa shape index (κ2) is 6.67. The molecule has 1 atom stereocenters. The molecule has 4 rings (SSSR count). The number of ether oxygens (including phenoxy) is 2. The predicted molar refractivity (Wildman–Crippen MR) is 90.7 cm³/mol. The molecule has 1 aliphatic heterocycles. The summed E-state index contributed by atoms with van der Waals surface area (Å²) < 4.78 is 13.3. The summed E-state index contributed by atoms with van der Waals surface area (Å²) in [5.41, 5.74) is 1.15. The van der Waals surface area contributed by atoms with E-state index in [0.717, 1.165) is 5.75 Å². The minimum atomic E-state index is -0.277. The van der Waals surface area contributed by atoms with Gasteiger partial charge in [-0.25, -0.2) is 0 Å². The second-order valence-corrected chi connectivity index (χ2v) is 6.66. The van der Waals surface area contributed by atoms with Crippen LogP contribution in [-0.4, -0.2) is 22.3 Å². The van der Waals surface area contributed by atoms with Crippen LogP contribution in [0.25, 0.3) is 0 Å². The molecule has 1 fully saturated rings. The molecule has 2 aliphatic rings. The Morgan fingerprint density at radius 3 is 2.71 bits per heavy atom. The van der Waals surface area contributed by atoms with Gasteiger partial charge in [0.05, 0.1) is 6.54 Å². The average Bonchev–Trinajstić information content (AvgIpc) is 3.03. The predicted octanol–water partition coefficient (Wildman–Crippen LogP) is 3.13. The zero-order chi connectivity index (χ0) is 16.4. The van der Waals surface area contributed by atoms with E-state index in [1.165, 1.54) is 43.7 Å². The van der Waals surface area contributed by atoms with E-state index >= 15 is 0 Å². The van der Waals surface area contributed by atoms with E-state index in [2.05, 4.69) is 17.1 Å². The van der Waals surface area contributed by atoms with Gasteiger partial charge in [0.15, 0.2) is 6.10 Å². The van der Waals surface area contributed by atoms with Crippen molar-refractivity contribution in [1.82, 2.24) is 9.55 Å². The molecule has 24 heavy (non-hydrogen) atoms. The molecule has 2 aromatic rings. The van der Waals surface area contributed by atoms with E-state index in [1.54, 1.807) is 6.20 Å². The lowest BCUT2D eigenvalue weighted by Gasteiger charge is -2.22. The normalized spacial score (nSPS) is 20.4. The monoisotopic (exact) mass is 326 g/mol. The summed E-state index contributed by atoms with van der Waals surface area (Å²) >= 11 is 0. The highest BCUT2D eigenvalue weighted by Gasteiger charge is 2.23. The van der Waals surface area contributed by atoms with Gasteiger partial charge in [0, 0.05) is 12.3 Å². The van der Waals surface area contributed by atoms with Gasteiger partial charge < -0.3 is 9.47 Å². The van der Waals surface area contributed by atoms with Gasteiger partial charge in [0.2, 0.25) is 0 Å². The molecular formula is C19H22N2O3. The zero-order valence-corrected chi connectivity index (χ0v) is 13.7. The van der Waals surface area contributed by atoms with Crippen molar-refractivity contribution in [3.05, 3.63) is 52.4 Å². The Bertz CT molecular complexity index is 748. The Kier molecular flexibility index (Phi) is 4.24. The standard InChI is InChI=1S/C19H22N2O3/c22-18-10-11-21-12-17(24-19(21)20-18)13-23-16-8-6-15(7-9-16)14-4-2-1-3-5-14/h6-11,14,17H,1-5,12-13H2/t17-/m0/s1. The van der Waals surface area contributed by atoms with Gasteiger partial charge in [-0.3, -0.25) is 9.36 Å². The van der Waals surface area contributed by atoms with Gasteiger partial charge in [-0.2, -0.15) is 4.98 Å².